The van der Waals surface area contributed by atoms with Crippen LogP contribution >= 0.6 is 22.7 Å². The molecule has 4 heterocycles. The standard InChI is InChI=1S/C12H16N4OS.C11H14N4OS.CH4/c1-9(2)11-14-10(7-18-11)6-15(3)12(17)16-5-4-13-8-16;1-8(2)10-14-9(6-17-10)5-13-11(16)15-4-3-12-7-15;/h4-5,7-9H,6H2,1-3H3;3-4,6-8H,5H2,1-2H3,(H,13,16);1H4. The van der Waals surface area contributed by atoms with E-state index < -0.39 is 0 Å². The lowest BCUT2D eigenvalue weighted by atomic mass is 10.2. The van der Waals surface area contributed by atoms with Gasteiger partial charge in [0, 0.05) is 54.4 Å². The lowest BCUT2D eigenvalue weighted by Gasteiger charge is -2.15. The van der Waals surface area contributed by atoms with Crippen LogP contribution in [0.2, 0.25) is 0 Å². The van der Waals surface area contributed by atoms with E-state index in [1.165, 1.54) is 21.8 Å². The second-order valence-corrected chi connectivity index (χ2v) is 10.2. The summed E-state index contributed by atoms with van der Waals surface area (Å²) >= 11 is 3.27. The molecule has 0 atom stereocenters. The first-order valence-electron chi connectivity index (χ1n) is 11.1. The van der Waals surface area contributed by atoms with Crippen molar-refractivity contribution in [2.75, 3.05) is 7.05 Å². The highest BCUT2D eigenvalue weighted by Crippen LogP contribution is 2.20. The van der Waals surface area contributed by atoms with Gasteiger partial charge in [0.15, 0.2) is 0 Å². The quantitative estimate of drug-likeness (QED) is 0.356. The highest BCUT2D eigenvalue weighted by atomic mass is 32.1. The van der Waals surface area contributed by atoms with E-state index >= 15 is 0 Å². The van der Waals surface area contributed by atoms with E-state index in [0.717, 1.165) is 21.4 Å². The Kier molecular flexibility index (Phi) is 10.9. The van der Waals surface area contributed by atoms with Crippen molar-refractivity contribution in [3.63, 3.8) is 0 Å². The maximum Gasteiger partial charge on any atom is 0.329 e. The molecule has 36 heavy (non-hydrogen) atoms. The van der Waals surface area contributed by atoms with Crippen LogP contribution in [0.4, 0.5) is 9.59 Å². The molecule has 1 N–H and O–H groups in total. The Bertz CT molecular complexity index is 1200. The van der Waals surface area contributed by atoms with Gasteiger partial charge in [-0.05, 0) is 0 Å². The summed E-state index contributed by atoms with van der Waals surface area (Å²) < 4.78 is 2.85. The van der Waals surface area contributed by atoms with E-state index in [9.17, 15) is 9.59 Å². The van der Waals surface area contributed by atoms with Gasteiger partial charge in [-0.2, -0.15) is 0 Å². The molecule has 0 unspecified atom stereocenters. The summed E-state index contributed by atoms with van der Waals surface area (Å²) in [4.78, 5) is 41.8. The van der Waals surface area contributed by atoms with Crippen LogP contribution in [0.5, 0.6) is 0 Å². The molecular formula is C24H34N8O2S2. The van der Waals surface area contributed by atoms with Gasteiger partial charge in [0.2, 0.25) is 0 Å². The molecule has 4 aromatic heterocycles. The van der Waals surface area contributed by atoms with Crippen molar-refractivity contribution in [1.82, 2.24) is 39.3 Å². The van der Waals surface area contributed by atoms with Gasteiger partial charge in [0.25, 0.3) is 0 Å². The first kappa shape index (κ1) is 28.9. The molecule has 10 nitrogen and oxygen atoms in total. The highest BCUT2D eigenvalue weighted by molar-refractivity contribution is 7.10. The number of nitrogens with zero attached hydrogens (tertiary/aromatic N) is 7. The summed E-state index contributed by atoms with van der Waals surface area (Å²) in [6.45, 7) is 9.39. The van der Waals surface area contributed by atoms with E-state index in [4.69, 9.17) is 0 Å². The Balaban J connectivity index is 0.000000247. The van der Waals surface area contributed by atoms with Crippen molar-refractivity contribution >= 4 is 34.7 Å². The fraction of sp³-hybridized carbons (Fsp3) is 0.417. The number of carbonyl (C=O) groups is 2. The Morgan fingerprint density at radius 1 is 0.917 bits per heavy atom. The van der Waals surface area contributed by atoms with Crippen molar-refractivity contribution in [2.24, 2.45) is 0 Å². The molecule has 4 rings (SSSR count). The van der Waals surface area contributed by atoms with Crippen molar-refractivity contribution < 1.29 is 9.59 Å². The number of aromatic nitrogens is 6. The minimum absolute atomic E-state index is 0. The summed E-state index contributed by atoms with van der Waals surface area (Å²) in [6.07, 6.45) is 9.37. The van der Waals surface area contributed by atoms with Gasteiger partial charge in [-0.15, -0.1) is 22.7 Å². The molecule has 12 heteroatoms. The van der Waals surface area contributed by atoms with Crippen LogP contribution in [-0.2, 0) is 13.1 Å². The summed E-state index contributed by atoms with van der Waals surface area (Å²) in [7, 11) is 1.76. The minimum Gasteiger partial charge on any atom is -0.332 e. The number of amides is 2. The predicted molar refractivity (Wildman–Crippen MR) is 143 cm³/mol. The van der Waals surface area contributed by atoms with Crippen molar-refractivity contribution in [3.05, 3.63) is 69.6 Å². The number of rotatable bonds is 6. The largest absolute Gasteiger partial charge is 0.332 e. The Morgan fingerprint density at radius 2 is 1.44 bits per heavy atom. The lowest BCUT2D eigenvalue weighted by molar-refractivity contribution is 0.208. The average Bonchev–Trinajstić information content (AvgIpc) is 3.64. The molecule has 4 aromatic rings. The molecular weight excluding hydrogens is 496 g/mol. The third-order valence-corrected chi connectivity index (χ3v) is 7.13. The van der Waals surface area contributed by atoms with E-state index in [1.807, 2.05) is 10.8 Å². The van der Waals surface area contributed by atoms with E-state index in [0.29, 0.717) is 24.9 Å². The number of nitrogens with one attached hydrogen (secondary N) is 1. The van der Waals surface area contributed by atoms with Gasteiger partial charge in [-0.3, -0.25) is 9.13 Å². The SMILES string of the molecule is C.CC(C)c1nc(CN(C)C(=O)n2ccnc2)cs1.CC(C)c1nc(CNC(=O)n2ccnc2)cs1. The molecule has 0 spiro atoms. The van der Waals surface area contributed by atoms with Crippen LogP contribution in [0.3, 0.4) is 0 Å². The minimum atomic E-state index is -0.193. The van der Waals surface area contributed by atoms with Gasteiger partial charge < -0.3 is 10.2 Å². The first-order chi connectivity index (χ1) is 16.7. The zero-order valence-electron chi connectivity index (χ0n) is 20.5. The summed E-state index contributed by atoms with van der Waals surface area (Å²) in [5.41, 5.74) is 1.83. The van der Waals surface area contributed by atoms with Gasteiger partial charge in [-0.25, -0.2) is 29.5 Å². The molecule has 0 aliphatic heterocycles. The number of thiazole rings is 2. The normalized spacial score (nSPS) is 10.5. The number of imidazole rings is 2. The topological polar surface area (TPSA) is 111 Å². The third-order valence-electron chi connectivity index (χ3n) is 4.74. The Morgan fingerprint density at radius 3 is 1.94 bits per heavy atom. The smallest absolute Gasteiger partial charge is 0.329 e. The number of hydrogen-bond acceptors (Lipinski definition) is 8. The molecule has 0 bridgehead atoms. The number of hydrogen-bond donors (Lipinski definition) is 1. The van der Waals surface area contributed by atoms with Gasteiger partial charge in [0.1, 0.15) is 12.7 Å². The molecule has 0 aliphatic rings. The van der Waals surface area contributed by atoms with E-state index in [2.05, 4.69) is 52.9 Å². The Labute approximate surface area is 220 Å². The fourth-order valence-corrected chi connectivity index (χ4v) is 4.51. The molecule has 0 saturated heterocycles. The number of carbonyl (C=O) groups excluding carboxylic acids is 2. The molecule has 0 aliphatic carbocycles. The highest BCUT2D eigenvalue weighted by Gasteiger charge is 2.13. The van der Waals surface area contributed by atoms with E-state index in [1.54, 1.807) is 59.4 Å². The van der Waals surface area contributed by atoms with Gasteiger partial charge >= 0.3 is 12.1 Å². The van der Waals surface area contributed by atoms with Crippen LogP contribution in [0.15, 0.2) is 48.2 Å². The predicted octanol–water partition coefficient (Wildman–Crippen LogP) is 5.42. The van der Waals surface area contributed by atoms with Crippen molar-refractivity contribution in [3.8, 4) is 0 Å². The van der Waals surface area contributed by atoms with Crippen LogP contribution in [0.25, 0.3) is 0 Å². The third kappa shape index (κ3) is 8.09. The molecule has 0 fully saturated rings. The zero-order valence-corrected chi connectivity index (χ0v) is 22.1. The second kappa shape index (κ2) is 13.6. The lowest BCUT2D eigenvalue weighted by Crippen LogP contribution is -2.29. The van der Waals surface area contributed by atoms with E-state index in [-0.39, 0.29) is 19.5 Å². The molecule has 0 aromatic carbocycles. The van der Waals surface area contributed by atoms with Crippen LogP contribution < -0.4 is 5.32 Å². The second-order valence-electron chi connectivity index (χ2n) is 8.40. The molecule has 194 valence electrons. The van der Waals surface area contributed by atoms with Crippen molar-refractivity contribution in [1.29, 1.82) is 0 Å². The van der Waals surface area contributed by atoms with Crippen LogP contribution in [0, 0.1) is 0 Å². The molecule has 2 amide bonds. The van der Waals surface area contributed by atoms with Crippen LogP contribution in [-0.4, -0.2) is 53.1 Å². The van der Waals surface area contributed by atoms with Crippen molar-refractivity contribution in [2.45, 2.75) is 60.0 Å². The molecule has 0 saturated carbocycles. The maximum atomic E-state index is 12.0. The summed E-state index contributed by atoms with van der Waals surface area (Å²) in [5.74, 6) is 0.858. The van der Waals surface area contributed by atoms with Gasteiger partial charge in [0.05, 0.1) is 34.5 Å². The maximum absolute atomic E-state index is 12.0. The summed E-state index contributed by atoms with van der Waals surface area (Å²) in [5, 5.41) is 8.96. The van der Waals surface area contributed by atoms with Gasteiger partial charge in [-0.1, -0.05) is 35.1 Å². The first-order valence-corrected chi connectivity index (χ1v) is 12.9. The Hall–Kier alpha value is -3.38. The van der Waals surface area contributed by atoms with Crippen LogP contribution in [0.1, 0.15) is 68.4 Å². The monoisotopic (exact) mass is 530 g/mol. The average molecular weight is 531 g/mol. The fourth-order valence-electron chi connectivity index (χ4n) is 2.85. The zero-order chi connectivity index (χ0) is 25.4. The summed E-state index contributed by atoms with van der Waals surface area (Å²) in [6, 6.07) is -0.298. The molecule has 0 radical (unpaired) electrons.